The normalized spacial score (nSPS) is 9.00. The molecule has 1 heterocycles. The molecule has 8 heavy (non-hydrogen) atoms. The Balaban J connectivity index is 3.22. The highest BCUT2D eigenvalue weighted by Gasteiger charge is 1.76. The van der Waals surface area contributed by atoms with Crippen LogP contribution in [0.5, 0.6) is 0 Å². The van der Waals surface area contributed by atoms with E-state index in [4.69, 9.17) is 7.98 Å². The van der Waals surface area contributed by atoms with Crippen LogP contribution in [0.3, 0.4) is 0 Å². The van der Waals surface area contributed by atoms with E-state index in [1.54, 1.807) is 0 Å². The van der Waals surface area contributed by atoms with Crippen LogP contribution in [0.2, 0.25) is 0 Å². The van der Waals surface area contributed by atoms with Crippen LogP contribution in [0.15, 0.2) is 29.3 Å². The summed E-state index contributed by atoms with van der Waals surface area (Å²) in [7, 11) is 5.20. The van der Waals surface area contributed by atoms with Crippen LogP contribution in [0.1, 0.15) is 0 Å². The van der Waals surface area contributed by atoms with Crippen molar-refractivity contribution in [3.63, 3.8) is 0 Å². The highest BCUT2D eigenvalue weighted by Crippen LogP contribution is 1.72. The number of hydrogen-bond acceptors (Lipinski definition) is 1. The Bertz CT molecular complexity index is 210. The van der Waals surface area contributed by atoms with Gasteiger partial charge in [0.1, 0.15) is 0 Å². The van der Waals surface area contributed by atoms with Gasteiger partial charge in [0.25, 0.3) is 0 Å². The van der Waals surface area contributed by atoms with Gasteiger partial charge in [-0.1, -0.05) is 0 Å². The first-order valence-corrected chi connectivity index (χ1v) is 2.22. The summed E-state index contributed by atoms with van der Waals surface area (Å²) in [5, 5.41) is 0. The number of hydrogen-bond donors (Lipinski definition) is 0. The first-order valence-electron chi connectivity index (χ1n) is 2.22. The summed E-state index contributed by atoms with van der Waals surface area (Å²) >= 11 is 0. The van der Waals surface area contributed by atoms with Gasteiger partial charge in [0, 0.05) is 12.1 Å². The smallest absolute Gasteiger partial charge is 0.233 e. The van der Waals surface area contributed by atoms with Gasteiger partial charge in [-0.05, 0) is 12.4 Å². The van der Waals surface area contributed by atoms with Gasteiger partial charge >= 0.3 is 0 Å². The minimum Gasteiger partial charge on any atom is -0.409 e. The molecule has 0 aliphatic rings. The van der Waals surface area contributed by atoms with E-state index in [2.05, 4.69) is 0 Å². The maximum atomic E-state index is 10.4. The van der Waals surface area contributed by atoms with Crippen molar-refractivity contribution >= 4 is 7.98 Å². The lowest BCUT2D eigenvalue weighted by molar-refractivity contribution is 1.19. The monoisotopic (exact) mass is 105 g/mol. The van der Waals surface area contributed by atoms with Crippen molar-refractivity contribution in [2.45, 2.75) is 0 Å². The molecule has 38 valence electrons. The molecule has 0 bridgehead atoms. The van der Waals surface area contributed by atoms with E-state index in [9.17, 15) is 4.79 Å². The minimum atomic E-state index is -0.0216. The molecule has 0 saturated carbocycles. The molecular formula is C5H4BNO. The highest BCUT2D eigenvalue weighted by atomic mass is 16.1. The summed E-state index contributed by atoms with van der Waals surface area (Å²) in [6.45, 7) is 0. The van der Waals surface area contributed by atoms with E-state index in [1.807, 2.05) is 0 Å². The Kier molecular flexibility index (Phi) is 1.20. The summed E-state index contributed by atoms with van der Waals surface area (Å²) in [5.74, 6) is 0. The predicted octanol–water partition coefficient (Wildman–Crippen LogP) is -0.220. The molecule has 0 aliphatic heterocycles. The Labute approximate surface area is 48.2 Å². The molecule has 0 N–H and O–H groups in total. The average molecular weight is 105 g/mol. The zero-order valence-corrected chi connectivity index (χ0v) is 4.24. The van der Waals surface area contributed by atoms with Gasteiger partial charge in [0.2, 0.25) is 7.98 Å². The van der Waals surface area contributed by atoms with Crippen LogP contribution in [0.4, 0.5) is 0 Å². The van der Waals surface area contributed by atoms with Gasteiger partial charge in [-0.25, -0.2) is 0 Å². The predicted molar refractivity (Wildman–Crippen MR) is 31.9 cm³/mol. The van der Waals surface area contributed by atoms with E-state index in [1.165, 1.54) is 29.0 Å². The second-order valence-electron chi connectivity index (χ2n) is 1.48. The molecule has 0 spiro atoms. The first kappa shape index (κ1) is 5.16. The third-order valence-electron chi connectivity index (χ3n) is 0.822. The van der Waals surface area contributed by atoms with Crippen LogP contribution in [-0.4, -0.2) is 12.5 Å². The van der Waals surface area contributed by atoms with Gasteiger partial charge in [0.15, 0.2) is 5.43 Å². The van der Waals surface area contributed by atoms with Crippen molar-refractivity contribution in [1.29, 1.82) is 0 Å². The zero-order valence-electron chi connectivity index (χ0n) is 4.24. The Morgan fingerprint density at radius 3 is 2.25 bits per heavy atom. The SMILES string of the molecule is [B]n1ccc(=O)cc1. The maximum absolute atomic E-state index is 10.4. The standard InChI is InChI=1S/C5H4BNO/c6-7-3-1-5(8)2-4-7/h1-4H. The first-order chi connectivity index (χ1) is 3.79. The summed E-state index contributed by atoms with van der Waals surface area (Å²) in [6.07, 6.45) is 3.00. The third kappa shape index (κ3) is 0.995. The van der Waals surface area contributed by atoms with E-state index >= 15 is 0 Å². The van der Waals surface area contributed by atoms with Crippen LogP contribution in [-0.2, 0) is 0 Å². The van der Waals surface area contributed by atoms with Crippen molar-refractivity contribution in [2.75, 3.05) is 0 Å². The molecule has 0 aromatic carbocycles. The van der Waals surface area contributed by atoms with Gasteiger partial charge in [-0.2, -0.15) is 0 Å². The van der Waals surface area contributed by atoms with E-state index in [0.29, 0.717) is 0 Å². The molecule has 0 unspecified atom stereocenters. The summed E-state index contributed by atoms with van der Waals surface area (Å²) in [4.78, 5) is 10.4. The zero-order chi connectivity index (χ0) is 5.98. The van der Waals surface area contributed by atoms with E-state index in [-0.39, 0.29) is 5.43 Å². The third-order valence-corrected chi connectivity index (χ3v) is 0.822. The quantitative estimate of drug-likeness (QED) is 0.418. The number of nitrogens with zero attached hydrogens (tertiary/aromatic N) is 1. The lowest BCUT2D eigenvalue weighted by atomic mass is 10.3. The second kappa shape index (κ2) is 1.86. The molecule has 0 atom stereocenters. The largest absolute Gasteiger partial charge is 0.409 e. The number of aromatic nitrogens is 1. The molecule has 0 fully saturated rings. The second-order valence-corrected chi connectivity index (χ2v) is 1.48. The molecule has 0 aliphatic carbocycles. The van der Waals surface area contributed by atoms with Crippen molar-refractivity contribution in [2.24, 2.45) is 0 Å². The van der Waals surface area contributed by atoms with Crippen LogP contribution < -0.4 is 5.43 Å². The topological polar surface area (TPSA) is 22.0 Å². The summed E-state index contributed by atoms with van der Waals surface area (Å²) in [5.41, 5.74) is -0.0216. The van der Waals surface area contributed by atoms with Gasteiger partial charge in [-0.3, -0.25) is 4.79 Å². The summed E-state index contributed by atoms with van der Waals surface area (Å²) < 4.78 is 1.32. The Morgan fingerprint density at radius 1 is 1.38 bits per heavy atom. The number of pyridine rings is 1. The minimum absolute atomic E-state index is 0.0216. The van der Waals surface area contributed by atoms with E-state index < -0.39 is 0 Å². The highest BCUT2D eigenvalue weighted by molar-refractivity contribution is 6.06. The van der Waals surface area contributed by atoms with Gasteiger partial charge < -0.3 is 4.48 Å². The fourth-order valence-electron chi connectivity index (χ4n) is 0.424. The van der Waals surface area contributed by atoms with Crippen molar-refractivity contribution in [3.8, 4) is 0 Å². The van der Waals surface area contributed by atoms with Crippen LogP contribution >= 0.6 is 0 Å². The molecule has 1 aromatic rings. The maximum Gasteiger partial charge on any atom is 0.233 e. The lowest BCUT2D eigenvalue weighted by Gasteiger charge is -1.90. The van der Waals surface area contributed by atoms with Crippen molar-refractivity contribution in [3.05, 3.63) is 34.7 Å². The van der Waals surface area contributed by atoms with Crippen LogP contribution in [0, 0.1) is 0 Å². The van der Waals surface area contributed by atoms with Gasteiger partial charge in [0.05, 0.1) is 0 Å². The Hall–Kier alpha value is -0.985. The molecule has 1 aromatic heterocycles. The lowest BCUT2D eigenvalue weighted by Crippen LogP contribution is -2.00. The van der Waals surface area contributed by atoms with E-state index in [0.717, 1.165) is 0 Å². The molecule has 0 amide bonds. The average Bonchev–Trinajstić information content (AvgIpc) is 1.77. The molecule has 3 heteroatoms. The molecule has 2 radical (unpaired) electrons. The fourth-order valence-corrected chi connectivity index (χ4v) is 0.424. The number of rotatable bonds is 0. The molecule has 2 nitrogen and oxygen atoms in total. The molecule has 1 rings (SSSR count). The molecule has 0 saturated heterocycles. The van der Waals surface area contributed by atoms with Gasteiger partial charge in [-0.15, -0.1) is 0 Å². The Morgan fingerprint density at radius 2 is 1.88 bits per heavy atom. The summed E-state index contributed by atoms with van der Waals surface area (Å²) in [6, 6.07) is 2.81. The van der Waals surface area contributed by atoms with Crippen LogP contribution in [0.25, 0.3) is 0 Å². The van der Waals surface area contributed by atoms with Crippen molar-refractivity contribution < 1.29 is 0 Å². The molecular weight excluding hydrogens is 101 g/mol. The fraction of sp³-hybridized carbons (Fsp3) is 0. The van der Waals surface area contributed by atoms with Crippen molar-refractivity contribution in [1.82, 2.24) is 4.48 Å².